The summed E-state index contributed by atoms with van der Waals surface area (Å²) in [5.41, 5.74) is -1.10. The molecule has 5 atom stereocenters. The quantitative estimate of drug-likeness (QED) is 0.176. The highest BCUT2D eigenvalue weighted by molar-refractivity contribution is 7.91. The highest BCUT2D eigenvalue weighted by Crippen LogP contribution is 2.45. The molecule has 54 heavy (non-hydrogen) atoms. The molecular formula is C36H48N8O9S. The third-order valence-corrected chi connectivity index (χ3v) is 11.2. The maximum Gasteiger partial charge on any atom is 0.408 e. The van der Waals surface area contributed by atoms with Crippen LogP contribution in [0.25, 0.3) is 11.4 Å². The van der Waals surface area contributed by atoms with Crippen LogP contribution in [0.1, 0.15) is 79.2 Å². The number of rotatable bonds is 15. The first kappa shape index (κ1) is 40.1. The van der Waals surface area contributed by atoms with Crippen LogP contribution in [0.4, 0.5) is 4.79 Å². The van der Waals surface area contributed by atoms with Gasteiger partial charge in [0.15, 0.2) is 5.78 Å². The van der Waals surface area contributed by atoms with Crippen molar-refractivity contribution >= 4 is 39.6 Å². The van der Waals surface area contributed by atoms with E-state index in [2.05, 4.69) is 37.3 Å². The van der Waals surface area contributed by atoms with Crippen LogP contribution in [0.3, 0.4) is 0 Å². The smallest absolute Gasteiger partial charge is 0.408 e. The number of carbonyl (C=O) groups excluding carboxylic acids is 5. The van der Waals surface area contributed by atoms with Crippen molar-refractivity contribution in [2.24, 2.45) is 5.92 Å². The molecule has 18 heteroatoms. The van der Waals surface area contributed by atoms with Gasteiger partial charge >= 0.3 is 6.09 Å². The van der Waals surface area contributed by atoms with Gasteiger partial charge in [0.05, 0.1) is 18.4 Å². The Kier molecular flexibility index (Phi) is 11.6. The van der Waals surface area contributed by atoms with E-state index >= 15 is 0 Å². The van der Waals surface area contributed by atoms with Crippen LogP contribution in [0, 0.1) is 5.92 Å². The molecule has 0 unspecified atom stereocenters. The van der Waals surface area contributed by atoms with E-state index in [9.17, 15) is 32.4 Å². The lowest BCUT2D eigenvalue weighted by Gasteiger charge is -2.30. The molecule has 5 rings (SSSR count). The van der Waals surface area contributed by atoms with Gasteiger partial charge in [-0.25, -0.2) is 13.2 Å². The van der Waals surface area contributed by atoms with Gasteiger partial charge in [-0.15, -0.1) is 16.8 Å². The molecule has 2 saturated carbocycles. The molecule has 1 aromatic carbocycles. The molecule has 3 aliphatic rings. The number of nitrogens with zero attached hydrogens (tertiary/aromatic N) is 5. The monoisotopic (exact) mass is 768 g/mol. The minimum Gasteiger partial charge on any atom is -0.497 e. The molecule has 1 aromatic heterocycles. The molecule has 292 valence electrons. The fraction of sp³-hybridized carbons (Fsp3) is 0.556. The van der Waals surface area contributed by atoms with Crippen LogP contribution < -0.4 is 20.1 Å². The molecule has 0 spiro atoms. The first-order valence-corrected chi connectivity index (χ1v) is 19.3. The van der Waals surface area contributed by atoms with Gasteiger partial charge in [-0.3, -0.25) is 23.9 Å². The summed E-state index contributed by atoms with van der Waals surface area (Å²) in [6.45, 7) is 12.1. The van der Waals surface area contributed by atoms with Crippen molar-refractivity contribution in [3.8, 4) is 17.1 Å². The summed E-state index contributed by atoms with van der Waals surface area (Å²) in [6.07, 6.45) is 2.75. The molecule has 2 aliphatic carbocycles. The number of ketones is 1. The van der Waals surface area contributed by atoms with E-state index in [1.165, 1.54) is 21.8 Å². The van der Waals surface area contributed by atoms with Gasteiger partial charge < -0.3 is 25.0 Å². The second-order valence-electron chi connectivity index (χ2n) is 15.2. The molecular weight excluding hydrogens is 721 g/mol. The number of hydrogen-bond acceptors (Lipinski definition) is 12. The van der Waals surface area contributed by atoms with Crippen LogP contribution in [-0.4, -0.2) is 105 Å². The van der Waals surface area contributed by atoms with Crippen LogP contribution >= 0.6 is 0 Å². The summed E-state index contributed by atoms with van der Waals surface area (Å²) >= 11 is 0. The van der Waals surface area contributed by atoms with Crippen molar-refractivity contribution in [3.05, 3.63) is 48.6 Å². The van der Waals surface area contributed by atoms with E-state index in [1.54, 1.807) is 66.0 Å². The summed E-state index contributed by atoms with van der Waals surface area (Å²) in [4.78, 5) is 70.4. The second kappa shape index (κ2) is 15.7. The molecule has 3 fully saturated rings. The number of amides is 4. The van der Waals surface area contributed by atoms with E-state index in [0.717, 1.165) is 5.57 Å². The minimum atomic E-state index is -3.93. The van der Waals surface area contributed by atoms with Crippen LogP contribution in [0.5, 0.6) is 5.75 Å². The van der Waals surface area contributed by atoms with Crippen LogP contribution in [-0.2, 0) is 33.9 Å². The molecule has 0 radical (unpaired) electrons. The van der Waals surface area contributed by atoms with Gasteiger partial charge in [0.2, 0.25) is 27.7 Å². The Balaban J connectivity index is 1.44. The lowest BCUT2D eigenvalue weighted by atomic mass is 10.0. The number of ether oxygens (including phenoxy) is 2. The van der Waals surface area contributed by atoms with E-state index in [0.29, 0.717) is 24.2 Å². The number of carbonyl (C=O) groups is 5. The largest absolute Gasteiger partial charge is 0.497 e. The Hall–Kier alpha value is -5.13. The molecule has 17 nitrogen and oxygen atoms in total. The predicted octanol–water partition coefficient (Wildman–Crippen LogP) is 2.37. The summed E-state index contributed by atoms with van der Waals surface area (Å²) in [7, 11) is -2.39. The standard InChI is InChI=1S/C36H48N8O9S/c1-8-23-19-36(23,33(48)41-54(50,51)27-14-15-27)38-31(46)29-18-24(44-40-30(39-42-44)22-9-12-26(52-7)13-10-22)20-43(29)32(47)28(16-11-25(45)17-21(2)3)37-34(49)53-35(4,5)6/h8-10,12-13,17,23-24,27-29H,1,11,14-16,18-20H2,2-7H3,(H,37,49)(H,38,46)(H,41,48)/t23-,24-,28+,29+,36-/m1/s1. The highest BCUT2D eigenvalue weighted by atomic mass is 32.2. The normalized spacial score (nSPS) is 22.7. The van der Waals surface area contributed by atoms with E-state index in [4.69, 9.17) is 9.47 Å². The van der Waals surface area contributed by atoms with Crippen molar-refractivity contribution in [1.82, 2.24) is 40.5 Å². The highest BCUT2D eigenvalue weighted by Gasteiger charge is 2.62. The molecule has 4 amide bonds. The van der Waals surface area contributed by atoms with Gasteiger partial charge in [-0.05, 0) is 95.9 Å². The zero-order chi connectivity index (χ0) is 39.6. The zero-order valence-corrected chi connectivity index (χ0v) is 32.1. The fourth-order valence-electron chi connectivity index (χ4n) is 6.32. The van der Waals surface area contributed by atoms with Gasteiger partial charge in [-0.2, -0.15) is 4.80 Å². The molecule has 1 aliphatic heterocycles. The topological polar surface area (TPSA) is 221 Å². The number of benzene rings is 1. The summed E-state index contributed by atoms with van der Waals surface area (Å²) in [6, 6.07) is 3.78. The number of alkyl carbamates (subject to hydrolysis) is 1. The molecule has 0 bridgehead atoms. The maximum atomic E-state index is 14.5. The number of nitrogens with one attached hydrogen (secondary N) is 3. The fourth-order valence-corrected chi connectivity index (χ4v) is 7.68. The molecule has 2 heterocycles. The number of tetrazole rings is 1. The Morgan fingerprint density at radius 2 is 1.80 bits per heavy atom. The molecule has 3 N–H and O–H groups in total. The SMILES string of the molecule is C=C[C@@H]1C[C@]1(NC(=O)[C@@H]1C[C@@H](n2nnc(-c3ccc(OC)cc3)n2)CN1C(=O)[C@H](CCC(=O)C=C(C)C)NC(=O)OC(C)(C)C)C(=O)NS(=O)(=O)C1CC1. The second-order valence-corrected chi connectivity index (χ2v) is 17.1. The summed E-state index contributed by atoms with van der Waals surface area (Å²) in [5.74, 6) is -2.22. The Morgan fingerprint density at radius 3 is 2.37 bits per heavy atom. The van der Waals surface area contributed by atoms with Gasteiger partial charge in [0, 0.05) is 30.9 Å². The Bertz CT molecular complexity index is 1930. The average molecular weight is 769 g/mol. The third-order valence-electron chi connectivity index (χ3n) is 9.33. The molecule has 2 aromatic rings. The van der Waals surface area contributed by atoms with Crippen LogP contribution in [0.2, 0.25) is 0 Å². The number of likely N-dealkylation sites (tertiary alicyclic amines) is 1. The summed E-state index contributed by atoms with van der Waals surface area (Å²) < 4.78 is 38.1. The number of allylic oxidation sites excluding steroid dienone is 2. The number of aromatic nitrogens is 4. The van der Waals surface area contributed by atoms with Crippen molar-refractivity contribution in [2.75, 3.05) is 13.7 Å². The van der Waals surface area contributed by atoms with Crippen molar-refractivity contribution in [1.29, 1.82) is 0 Å². The zero-order valence-electron chi connectivity index (χ0n) is 31.3. The number of sulfonamides is 1. The van der Waals surface area contributed by atoms with Gasteiger partial charge in [0.25, 0.3) is 5.91 Å². The lowest BCUT2D eigenvalue weighted by Crippen LogP contribution is -2.58. The van der Waals surface area contributed by atoms with E-state index in [1.807, 2.05) is 0 Å². The van der Waals surface area contributed by atoms with Crippen molar-refractivity contribution < 1.29 is 41.9 Å². The lowest BCUT2D eigenvalue weighted by molar-refractivity contribution is -0.141. The number of methoxy groups -OCH3 is 1. The van der Waals surface area contributed by atoms with Crippen molar-refractivity contribution in [3.63, 3.8) is 0 Å². The Morgan fingerprint density at radius 1 is 1.11 bits per heavy atom. The van der Waals surface area contributed by atoms with Crippen molar-refractivity contribution in [2.45, 2.75) is 108 Å². The van der Waals surface area contributed by atoms with Gasteiger partial charge in [0.1, 0.15) is 29.0 Å². The van der Waals surface area contributed by atoms with E-state index in [-0.39, 0.29) is 43.8 Å². The predicted molar refractivity (Wildman–Crippen MR) is 195 cm³/mol. The van der Waals surface area contributed by atoms with E-state index < -0.39 is 74.3 Å². The Labute approximate surface area is 314 Å². The van der Waals surface area contributed by atoms with Gasteiger partial charge in [-0.1, -0.05) is 11.6 Å². The third kappa shape index (κ3) is 9.50. The minimum absolute atomic E-state index is 0.0251. The first-order chi connectivity index (χ1) is 25.4. The van der Waals surface area contributed by atoms with Crippen LogP contribution in [0.15, 0.2) is 48.6 Å². The first-order valence-electron chi connectivity index (χ1n) is 17.8. The maximum absolute atomic E-state index is 14.5. The average Bonchev–Trinajstić information content (AvgIpc) is 3.97. The summed E-state index contributed by atoms with van der Waals surface area (Å²) in [5, 5.41) is 17.6. The number of hydrogen-bond donors (Lipinski definition) is 3. The molecule has 1 saturated heterocycles.